The zero-order valence-corrected chi connectivity index (χ0v) is 17.4. The number of aromatic hydroxyl groups is 1. The summed E-state index contributed by atoms with van der Waals surface area (Å²) >= 11 is 6.24. The third-order valence-corrected chi connectivity index (χ3v) is 6.18. The first kappa shape index (κ1) is 19.6. The number of imide groups is 1. The predicted octanol–water partition coefficient (Wildman–Crippen LogP) is 4.41. The molecule has 3 aromatic carbocycles. The molecule has 1 N–H and O–H groups in total. The number of fused-ring (bicyclic) bond motifs is 1. The number of carbonyl (C=O) groups is 2. The molecule has 2 saturated heterocycles. The molecule has 0 aromatic heterocycles. The first-order chi connectivity index (χ1) is 15.0. The van der Waals surface area contributed by atoms with Crippen molar-refractivity contribution in [1.82, 2.24) is 0 Å². The Bertz CT molecular complexity index is 1170. The van der Waals surface area contributed by atoms with E-state index in [2.05, 4.69) is 0 Å². The van der Waals surface area contributed by atoms with Crippen LogP contribution in [-0.2, 0) is 14.4 Å². The monoisotopic (exact) mass is 434 g/mol. The summed E-state index contributed by atoms with van der Waals surface area (Å²) in [5, 5.41) is 11.8. The van der Waals surface area contributed by atoms with Gasteiger partial charge < -0.3 is 5.11 Å². The van der Waals surface area contributed by atoms with Crippen molar-refractivity contribution in [2.45, 2.75) is 19.1 Å². The highest BCUT2D eigenvalue weighted by Crippen LogP contribution is 2.47. The van der Waals surface area contributed by atoms with Crippen LogP contribution in [0.2, 0.25) is 5.02 Å². The van der Waals surface area contributed by atoms with Crippen LogP contribution in [0.15, 0.2) is 72.8 Å². The highest BCUT2D eigenvalue weighted by molar-refractivity contribution is 6.32. The standard InChI is InChI=1S/C24H19ClN2O4/c1-14-7-10-17(13-19(14)25)26-23(29)20-21(15-8-11-18(28)12-9-15)27(31-22(20)24(26)30)16-5-3-2-4-6-16/h2-13,20-22,28H,1H3/t20-,21+,22+/m1/s1. The van der Waals surface area contributed by atoms with Gasteiger partial charge in [0.2, 0.25) is 5.91 Å². The van der Waals surface area contributed by atoms with E-state index in [9.17, 15) is 14.7 Å². The lowest BCUT2D eigenvalue weighted by Crippen LogP contribution is -2.37. The van der Waals surface area contributed by atoms with Crippen molar-refractivity contribution in [3.05, 3.63) is 88.9 Å². The van der Waals surface area contributed by atoms with E-state index in [1.807, 2.05) is 37.3 Å². The minimum absolute atomic E-state index is 0.121. The summed E-state index contributed by atoms with van der Waals surface area (Å²) in [7, 11) is 0. The maximum atomic E-state index is 13.5. The lowest BCUT2D eigenvalue weighted by atomic mass is 9.90. The number of benzene rings is 3. The number of nitrogens with zero attached hydrogens (tertiary/aromatic N) is 2. The third-order valence-electron chi connectivity index (χ3n) is 5.77. The molecular formula is C24H19ClN2O4. The van der Waals surface area contributed by atoms with E-state index in [-0.39, 0.29) is 11.7 Å². The summed E-state index contributed by atoms with van der Waals surface area (Å²) in [5.41, 5.74) is 2.79. The van der Waals surface area contributed by atoms with Crippen LogP contribution >= 0.6 is 11.6 Å². The second-order valence-electron chi connectivity index (χ2n) is 7.69. The fourth-order valence-corrected chi connectivity index (χ4v) is 4.37. The topological polar surface area (TPSA) is 70.1 Å². The van der Waals surface area contributed by atoms with E-state index in [0.717, 1.165) is 21.7 Å². The number of aryl methyl sites for hydroxylation is 1. The van der Waals surface area contributed by atoms with Crippen LogP contribution in [0.1, 0.15) is 17.2 Å². The molecule has 2 aliphatic heterocycles. The number of halogens is 1. The summed E-state index contributed by atoms with van der Waals surface area (Å²) in [6, 6.07) is 20.5. The van der Waals surface area contributed by atoms with Gasteiger partial charge in [-0.05, 0) is 54.4 Å². The van der Waals surface area contributed by atoms with E-state index in [0.29, 0.717) is 10.7 Å². The Morgan fingerprint density at radius 3 is 2.29 bits per heavy atom. The fourth-order valence-electron chi connectivity index (χ4n) is 4.20. The highest BCUT2D eigenvalue weighted by atomic mass is 35.5. The molecule has 156 valence electrons. The molecule has 0 bridgehead atoms. The van der Waals surface area contributed by atoms with Crippen LogP contribution in [0, 0.1) is 12.8 Å². The average molecular weight is 435 g/mol. The predicted molar refractivity (Wildman–Crippen MR) is 117 cm³/mol. The number of phenols is 1. The van der Waals surface area contributed by atoms with Crippen molar-refractivity contribution in [2.24, 2.45) is 5.92 Å². The second kappa shape index (κ2) is 7.41. The quantitative estimate of drug-likeness (QED) is 0.618. The lowest BCUT2D eigenvalue weighted by molar-refractivity contribution is -0.126. The van der Waals surface area contributed by atoms with E-state index >= 15 is 0 Å². The van der Waals surface area contributed by atoms with Gasteiger partial charge in [0.1, 0.15) is 11.7 Å². The van der Waals surface area contributed by atoms with Gasteiger partial charge in [-0.3, -0.25) is 14.4 Å². The van der Waals surface area contributed by atoms with Crippen LogP contribution in [0.25, 0.3) is 0 Å². The molecule has 2 amide bonds. The number of rotatable bonds is 3. The molecule has 0 radical (unpaired) electrons. The maximum Gasteiger partial charge on any atom is 0.266 e. The molecule has 5 rings (SSSR count). The Hall–Kier alpha value is -3.35. The van der Waals surface area contributed by atoms with E-state index in [1.54, 1.807) is 47.5 Å². The maximum absolute atomic E-state index is 13.5. The first-order valence-corrected chi connectivity index (χ1v) is 10.3. The lowest BCUT2D eigenvalue weighted by Gasteiger charge is -2.28. The molecule has 0 aliphatic carbocycles. The first-order valence-electron chi connectivity index (χ1n) is 9.89. The minimum Gasteiger partial charge on any atom is -0.508 e. The zero-order chi connectivity index (χ0) is 21.7. The van der Waals surface area contributed by atoms with Gasteiger partial charge in [-0.2, -0.15) is 0 Å². The van der Waals surface area contributed by atoms with Gasteiger partial charge in [0.25, 0.3) is 5.91 Å². The Morgan fingerprint density at radius 1 is 0.903 bits per heavy atom. The Morgan fingerprint density at radius 2 is 1.61 bits per heavy atom. The van der Waals surface area contributed by atoms with Gasteiger partial charge in [0.05, 0.1) is 17.4 Å². The molecule has 31 heavy (non-hydrogen) atoms. The van der Waals surface area contributed by atoms with Crippen LogP contribution in [0.3, 0.4) is 0 Å². The number of hydrogen-bond acceptors (Lipinski definition) is 5. The van der Waals surface area contributed by atoms with Crippen molar-refractivity contribution in [2.75, 3.05) is 9.96 Å². The number of anilines is 2. The van der Waals surface area contributed by atoms with Crippen LogP contribution in [0.4, 0.5) is 11.4 Å². The normalized spacial score (nSPS) is 22.8. The summed E-state index contributed by atoms with van der Waals surface area (Å²) in [4.78, 5) is 34.0. The van der Waals surface area contributed by atoms with Crippen molar-refractivity contribution in [3.63, 3.8) is 0 Å². The molecular weight excluding hydrogens is 416 g/mol. The molecule has 2 aliphatic rings. The molecule has 0 saturated carbocycles. The van der Waals surface area contributed by atoms with Gasteiger partial charge in [-0.15, -0.1) is 0 Å². The van der Waals surface area contributed by atoms with Crippen LogP contribution in [0.5, 0.6) is 5.75 Å². The summed E-state index contributed by atoms with van der Waals surface area (Å²) in [5.74, 6) is -1.38. The third kappa shape index (κ3) is 3.15. The molecule has 0 unspecified atom stereocenters. The number of carbonyl (C=O) groups excluding carboxylic acids is 2. The zero-order valence-electron chi connectivity index (χ0n) is 16.6. The summed E-state index contributed by atoms with van der Waals surface area (Å²) < 4.78 is 0. The number of phenolic OH excluding ortho intramolecular Hbond substituents is 1. The highest BCUT2D eigenvalue weighted by Gasteiger charge is 2.60. The Balaban J connectivity index is 1.58. The van der Waals surface area contributed by atoms with Gasteiger partial charge in [0, 0.05) is 5.02 Å². The minimum atomic E-state index is -0.952. The fraction of sp³-hybridized carbons (Fsp3) is 0.167. The Labute approximate surface area is 184 Å². The van der Waals surface area contributed by atoms with E-state index in [1.165, 1.54) is 0 Å². The van der Waals surface area contributed by atoms with Gasteiger partial charge >= 0.3 is 0 Å². The van der Waals surface area contributed by atoms with Crippen molar-refractivity contribution < 1.29 is 19.5 Å². The number of hydrogen-bond donors (Lipinski definition) is 1. The Kier molecular flexibility index (Phi) is 4.68. The van der Waals surface area contributed by atoms with Gasteiger partial charge in [-0.25, -0.2) is 9.96 Å². The largest absolute Gasteiger partial charge is 0.508 e. The smallest absolute Gasteiger partial charge is 0.266 e. The van der Waals surface area contributed by atoms with Crippen LogP contribution < -0.4 is 9.96 Å². The van der Waals surface area contributed by atoms with Crippen LogP contribution in [-0.4, -0.2) is 23.0 Å². The van der Waals surface area contributed by atoms with Crippen molar-refractivity contribution >= 4 is 34.8 Å². The second-order valence-corrected chi connectivity index (χ2v) is 8.10. The SMILES string of the molecule is Cc1ccc(N2C(=O)[C@H]3[C@H](ON(c4ccccc4)[C@H]3c3ccc(O)cc3)C2=O)cc1Cl. The molecule has 7 heteroatoms. The van der Waals surface area contributed by atoms with E-state index < -0.39 is 24.0 Å². The summed E-state index contributed by atoms with van der Waals surface area (Å²) in [6.07, 6.45) is -0.952. The van der Waals surface area contributed by atoms with Crippen molar-refractivity contribution in [1.29, 1.82) is 0 Å². The average Bonchev–Trinajstić information content (AvgIpc) is 3.28. The van der Waals surface area contributed by atoms with Gasteiger partial charge in [-0.1, -0.05) is 48.0 Å². The van der Waals surface area contributed by atoms with Gasteiger partial charge in [0.15, 0.2) is 6.10 Å². The number of amides is 2. The molecule has 6 nitrogen and oxygen atoms in total. The molecule has 3 aromatic rings. The summed E-state index contributed by atoms with van der Waals surface area (Å²) in [6.45, 7) is 1.86. The van der Waals surface area contributed by atoms with E-state index in [4.69, 9.17) is 16.4 Å². The molecule has 3 atom stereocenters. The number of hydroxylamine groups is 1. The molecule has 2 fully saturated rings. The number of para-hydroxylation sites is 1. The molecule has 2 heterocycles. The van der Waals surface area contributed by atoms with Crippen molar-refractivity contribution in [3.8, 4) is 5.75 Å². The molecule has 0 spiro atoms.